The number of unbranched alkanes of at least 4 members (excludes halogenated alkanes) is 5. The first kappa shape index (κ1) is 21.6. The Balaban J connectivity index is 1.51. The van der Waals surface area contributed by atoms with Crippen molar-refractivity contribution in [3.63, 3.8) is 0 Å². The second-order valence-corrected chi connectivity index (χ2v) is 9.54. The van der Waals surface area contributed by atoms with Crippen LogP contribution in [0.1, 0.15) is 67.6 Å². The van der Waals surface area contributed by atoms with Gasteiger partial charge in [-0.2, -0.15) is 0 Å². The molecule has 4 rings (SSSR count). The topological polar surface area (TPSA) is 112 Å². The number of sulfonamides is 1. The molecule has 0 saturated heterocycles. The molecule has 3 heterocycles. The fraction of sp³-hybridized carbons (Fsp3) is 0.409. The van der Waals surface area contributed by atoms with E-state index in [9.17, 15) is 18.3 Å². The zero-order valence-corrected chi connectivity index (χ0v) is 18.2. The molecule has 2 aliphatic heterocycles. The van der Waals surface area contributed by atoms with E-state index < -0.39 is 22.0 Å². The van der Waals surface area contributed by atoms with Gasteiger partial charge in [0.05, 0.1) is 16.1 Å². The Labute approximate surface area is 182 Å². The van der Waals surface area contributed by atoms with Gasteiger partial charge < -0.3 is 5.11 Å². The van der Waals surface area contributed by atoms with Crippen LogP contribution in [0, 0.1) is 0 Å². The third kappa shape index (κ3) is 4.13. The van der Waals surface area contributed by atoms with Gasteiger partial charge in [0.2, 0.25) is 15.8 Å². The number of nitrogens with zero attached hydrogens (tertiary/aromatic N) is 3. The first-order valence-electron chi connectivity index (χ1n) is 10.6. The Morgan fingerprint density at radius 1 is 1.13 bits per heavy atom. The molecule has 0 radical (unpaired) electrons. The van der Waals surface area contributed by atoms with Gasteiger partial charge in [0, 0.05) is 18.3 Å². The van der Waals surface area contributed by atoms with Gasteiger partial charge in [0.1, 0.15) is 0 Å². The Bertz CT molecular complexity index is 1130. The summed E-state index contributed by atoms with van der Waals surface area (Å²) in [6, 6.07) is 7.73. The van der Waals surface area contributed by atoms with Gasteiger partial charge in [-0.05, 0) is 36.8 Å². The van der Waals surface area contributed by atoms with Crippen LogP contribution in [0.15, 0.2) is 46.4 Å². The van der Waals surface area contributed by atoms with E-state index in [1.807, 2.05) is 0 Å². The average Bonchev–Trinajstić information content (AvgIpc) is 3.05. The average molecular weight is 443 g/mol. The lowest BCUT2D eigenvalue weighted by atomic mass is 10.1. The van der Waals surface area contributed by atoms with E-state index in [1.165, 1.54) is 42.5 Å². The number of hydrogen-bond donors (Lipinski definition) is 2. The van der Waals surface area contributed by atoms with Gasteiger partial charge in [-0.1, -0.05) is 39.0 Å². The Morgan fingerprint density at radius 2 is 1.90 bits per heavy atom. The molecule has 0 fully saturated rings. The zero-order valence-electron chi connectivity index (χ0n) is 17.4. The molecule has 1 atom stereocenters. The standard InChI is InChI=1S/C22H26N4O4S/c1-2-3-4-5-6-7-13-24-31(29,30)15-10-11-18-17(14-15)19(27)21-25-20-16(9-8-12-23-20)22(28)26(18)21/h8-12,14,22,24,28H,2-7,13H2,1H3. The molecule has 2 aromatic rings. The van der Waals surface area contributed by atoms with Crippen molar-refractivity contribution in [2.45, 2.75) is 56.6 Å². The second-order valence-electron chi connectivity index (χ2n) is 7.77. The van der Waals surface area contributed by atoms with Crippen LogP contribution >= 0.6 is 0 Å². The minimum atomic E-state index is -3.74. The molecular formula is C22H26N4O4S. The summed E-state index contributed by atoms with van der Waals surface area (Å²) in [5.41, 5.74) is 1.12. The number of aromatic nitrogens is 1. The molecule has 8 nitrogen and oxygen atoms in total. The van der Waals surface area contributed by atoms with Crippen LogP contribution in [-0.4, -0.2) is 36.7 Å². The first-order chi connectivity index (χ1) is 14.9. The molecular weight excluding hydrogens is 416 g/mol. The third-order valence-corrected chi connectivity index (χ3v) is 7.05. The van der Waals surface area contributed by atoms with Crippen LogP contribution in [0.4, 0.5) is 11.5 Å². The minimum Gasteiger partial charge on any atom is -0.369 e. The van der Waals surface area contributed by atoms with Crippen molar-refractivity contribution in [3.8, 4) is 0 Å². The van der Waals surface area contributed by atoms with E-state index in [0.29, 0.717) is 17.8 Å². The normalized spacial score (nSPS) is 17.2. The number of amidine groups is 1. The number of rotatable bonds is 9. The number of carbonyl (C=O) groups is 1. The molecule has 9 heteroatoms. The van der Waals surface area contributed by atoms with Crippen LogP contribution < -0.4 is 9.62 Å². The van der Waals surface area contributed by atoms with Crippen molar-refractivity contribution in [1.29, 1.82) is 0 Å². The van der Waals surface area contributed by atoms with Gasteiger partial charge in [0.15, 0.2) is 17.9 Å². The first-order valence-corrected chi connectivity index (χ1v) is 12.1. The number of Topliss-reactive ketones (excluding diaryl/α,β-unsaturated/α-hetero) is 1. The number of benzene rings is 1. The number of fused-ring (bicyclic) bond motifs is 4. The van der Waals surface area contributed by atoms with E-state index in [0.717, 1.165) is 19.3 Å². The molecule has 0 amide bonds. The molecule has 2 N–H and O–H groups in total. The Hall–Kier alpha value is -2.62. The van der Waals surface area contributed by atoms with E-state index >= 15 is 0 Å². The summed E-state index contributed by atoms with van der Waals surface area (Å²) in [6.45, 7) is 2.52. The molecule has 0 saturated carbocycles. The quantitative estimate of drug-likeness (QED) is 0.575. The molecule has 0 aliphatic carbocycles. The van der Waals surface area contributed by atoms with Crippen molar-refractivity contribution < 1.29 is 18.3 Å². The number of aliphatic hydroxyl groups excluding tert-OH is 1. The monoisotopic (exact) mass is 442 g/mol. The van der Waals surface area contributed by atoms with Crippen LogP contribution in [0.25, 0.3) is 0 Å². The summed E-state index contributed by atoms with van der Waals surface area (Å²) in [4.78, 5) is 22.8. The number of hydrogen-bond acceptors (Lipinski definition) is 7. The fourth-order valence-corrected chi connectivity index (χ4v) is 5.01. The minimum absolute atomic E-state index is 0.0242. The number of aliphatic hydroxyl groups is 1. The van der Waals surface area contributed by atoms with E-state index in [2.05, 4.69) is 21.6 Å². The lowest BCUT2D eigenvalue weighted by molar-refractivity contribution is 0.106. The highest BCUT2D eigenvalue weighted by Crippen LogP contribution is 2.41. The maximum Gasteiger partial charge on any atom is 0.240 e. The van der Waals surface area contributed by atoms with E-state index in [4.69, 9.17) is 0 Å². The smallest absolute Gasteiger partial charge is 0.240 e. The van der Waals surface area contributed by atoms with Crippen molar-refractivity contribution in [2.24, 2.45) is 4.99 Å². The number of nitrogens with one attached hydrogen (secondary N) is 1. The predicted molar refractivity (Wildman–Crippen MR) is 118 cm³/mol. The number of pyridine rings is 1. The van der Waals surface area contributed by atoms with Crippen molar-refractivity contribution in [1.82, 2.24) is 9.71 Å². The van der Waals surface area contributed by atoms with Gasteiger partial charge in [-0.3, -0.25) is 9.69 Å². The van der Waals surface area contributed by atoms with Gasteiger partial charge in [-0.25, -0.2) is 23.1 Å². The van der Waals surface area contributed by atoms with Crippen molar-refractivity contribution >= 4 is 33.1 Å². The summed E-state index contributed by atoms with van der Waals surface area (Å²) in [7, 11) is -3.74. The largest absolute Gasteiger partial charge is 0.369 e. The van der Waals surface area contributed by atoms with E-state index in [1.54, 1.807) is 18.2 Å². The summed E-state index contributed by atoms with van der Waals surface area (Å²) >= 11 is 0. The highest BCUT2D eigenvalue weighted by atomic mass is 32.2. The highest BCUT2D eigenvalue weighted by molar-refractivity contribution is 7.89. The number of carbonyl (C=O) groups excluding carboxylic acids is 1. The Kier molecular flexibility index (Phi) is 6.17. The van der Waals surface area contributed by atoms with Crippen LogP contribution in [0.3, 0.4) is 0 Å². The summed E-state index contributed by atoms with van der Waals surface area (Å²) in [5.74, 6) is -0.0996. The molecule has 1 unspecified atom stereocenters. The molecule has 0 bridgehead atoms. The summed E-state index contributed by atoms with van der Waals surface area (Å²) in [6.07, 6.45) is 6.82. The molecule has 0 spiro atoms. The third-order valence-electron chi connectivity index (χ3n) is 5.59. The molecule has 164 valence electrons. The van der Waals surface area contributed by atoms with Crippen LogP contribution in [0.2, 0.25) is 0 Å². The van der Waals surface area contributed by atoms with Crippen LogP contribution in [0.5, 0.6) is 0 Å². The molecule has 1 aromatic heterocycles. The maximum absolute atomic E-state index is 12.9. The molecule has 2 aliphatic rings. The van der Waals surface area contributed by atoms with Crippen molar-refractivity contribution in [3.05, 3.63) is 47.7 Å². The SMILES string of the molecule is CCCCCCCCNS(=O)(=O)c1ccc2c(c1)C(=O)C1=Nc3ncccc3C(O)N12. The highest BCUT2D eigenvalue weighted by Gasteiger charge is 2.42. The predicted octanol–water partition coefficient (Wildman–Crippen LogP) is 3.46. The maximum atomic E-state index is 12.9. The second kappa shape index (κ2) is 8.86. The van der Waals surface area contributed by atoms with E-state index in [-0.39, 0.29) is 22.1 Å². The van der Waals surface area contributed by atoms with Gasteiger partial charge in [-0.15, -0.1) is 0 Å². The van der Waals surface area contributed by atoms with Gasteiger partial charge in [0.25, 0.3) is 0 Å². The molecule has 31 heavy (non-hydrogen) atoms. The number of anilines is 1. The van der Waals surface area contributed by atoms with Crippen molar-refractivity contribution in [2.75, 3.05) is 11.4 Å². The van der Waals surface area contributed by atoms with Gasteiger partial charge >= 0.3 is 0 Å². The fourth-order valence-electron chi connectivity index (χ4n) is 3.91. The lowest BCUT2D eigenvalue weighted by Crippen LogP contribution is -2.36. The summed E-state index contributed by atoms with van der Waals surface area (Å²) in [5, 5.41) is 10.8. The van der Waals surface area contributed by atoms with Crippen LogP contribution in [-0.2, 0) is 10.0 Å². The lowest BCUT2D eigenvalue weighted by Gasteiger charge is -2.29. The Morgan fingerprint density at radius 3 is 2.71 bits per heavy atom. The number of aliphatic imine (C=N–C) groups is 1. The zero-order chi connectivity index (χ0) is 22.0. The number of ketones is 1. The molecule has 1 aromatic carbocycles. The summed E-state index contributed by atoms with van der Waals surface area (Å²) < 4.78 is 28.0.